The van der Waals surface area contributed by atoms with Crippen LogP contribution in [0.3, 0.4) is 0 Å². The minimum absolute atomic E-state index is 1.14. The van der Waals surface area contributed by atoms with E-state index in [9.17, 15) is 0 Å². The molecular weight excluding hydrogens is 124 g/mol. The second-order valence-electron chi connectivity index (χ2n) is 3.43. The lowest BCUT2D eigenvalue weighted by molar-refractivity contribution is -0.888. The highest BCUT2D eigenvalue weighted by Crippen LogP contribution is 1.96. The van der Waals surface area contributed by atoms with E-state index in [2.05, 4.69) is 26.3 Å². The fraction of sp³-hybridized carbons (Fsp3) is 1.00. The Morgan fingerprint density at radius 2 is 1.90 bits per heavy atom. The van der Waals surface area contributed by atoms with Crippen molar-refractivity contribution in [2.45, 2.75) is 13.3 Å². The minimum Gasteiger partial charge on any atom is -0.329 e. The smallest absolute Gasteiger partial charge is 0.0794 e. The van der Waals surface area contributed by atoms with Gasteiger partial charge in [0.15, 0.2) is 0 Å². The molecule has 2 heteroatoms. The lowest BCUT2D eigenvalue weighted by Crippen LogP contribution is -2.40. The van der Waals surface area contributed by atoms with E-state index in [0.717, 1.165) is 11.0 Å². The predicted molar refractivity (Wildman–Crippen MR) is 46.1 cm³/mol. The third kappa shape index (κ3) is 4.77. The Labute approximate surface area is 64.8 Å². The van der Waals surface area contributed by atoms with Crippen LogP contribution in [0.25, 0.3) is 0 Å². The molecule has 0 amide bonds. The first kappa shape index (κ1) is 9.92. The van der Waals surface area contributed by atoms with Crippen molar-refractivity contribution in [3.05, 3.63) is 0 Å². The van der Waals surface area contributed by atoms with Gasteiger partial charge in [0.05, 0.1) is 27.2 Å². The normalized spacial score (nSPS) is 12.0. The Morgan fingerprint density at radius 3 is 2.30 bits per heavy atom. The Morgan fingerprint density at radius 1 is 1.30 bits per heavy atom. The summed E-state index contributed by atoms with van der Waals surface area (Å²) in [6, 6.07) is 0. The zero-order valence-corrected chi connectivity index (χ0v) is 7.78. The van der Waals surface area contributed by atoms with Gasteiger partial charge in [-0.25, -0.2) is 0 Å². The predicted octanol–water partition coefficient (Wildman–Crippen LogP) is 0.692. The van der Waals surface area contributed by atoms with Crippen LogP contribution in [0, 0.1) is 0 Å². The van der Waals surface area contributed by atoms with E-state index in [4.69, 9.17) is 0 Å². The molecule has 0 aliphatic heterocycles. The van der Waals surface area contributed by atoms with E-state index < -0.39 is 0 Å². The molecule has 0 rings (SSSR count). The molecular formula is C8H21N2+. The van der Waals surface area contributed by atoms with E-state index in [1.165, 1.54) is 19.5 Å². The number of nitrogens with one attached hydrogen (secondary N) is 1. The van der Waals surface area contributed by atoms with Crippen LogP contribution in [0.15, 0.2) is 0 Å². The molecule has 0 saturated heterocycles. The van der Waals surface area contributed by atoms with Crippen molar-refractivity contribution in [2.75, 3.05) is 40.8 Å². The second kappa shape index (κ2) is 4.69. The summed E-state index contributed by atoms with van der Waals surface area (Å²) in [6.45, 7) is 5.88. The van der Waals surface area contributed by atoms with Gasteiger partial charge in [0, 0.05) is 13.0 Å². The van der Waals surface area contributed by atoms with E-state index in [0.29, 0.717) is 0 Å². The van der Waals surface area contributed by atoms with Crippen LogP contribution in [0.1, 0.15) is 13.3 Å². The molecule has 0 fully saturated rings. The van der Waals surface area contributed by atoms with Gasteiger partial charge in [-0.2, -0.15) is 0 Å². The summed E-state index contributed by atoms with van der Waals surface area (Å²) in [5.74, 6) is 0. The number of nitrogens with zero attached hydrogens (tertiary/aromatic N) is 1. The Balaban J connectivity index is 3.28. The molecule has 62 valence electrons. The Hall–Kier alpha value is -0.0800. The van der Waals surface area contributed by atoms with Gasteiger partial charge in [-0.15, -0.1) is 0 Å². The van der Waals surface area contributed by atoms with Crippen molar-refractivity contribution in [1.29, 1.82) is 0 Å². The SMILES string of the molecule is CC[N+](C)(C)CCCNC. The third-order valence-corrected chi connectivity index (χ3v) is 2.05. The van der Waals surface area contributed by atoms with Gasteiger partial charge in [-0.1, -0.05) is 0 Å². The van der Waals surface area contributed by atoms with Crippen LogP contribution in [0.5, 0.6) is 0 Å². The Bertz CT molecular complexity index is 79.3. The van der Waals surface area contributed by atoms with E-state index in [1.54, 1.807) is 0 Å². The summed E-state index contributed by atoms with van der Waals surface area (Å²) in [7, 11) is 6.55. The maximum Gasteiger partial charge on any atom is 0.0794 e. The van der Waals surface area contributed by atoms with Crippen molar-refractivity contribution >= 4 is 0 Å². The van der Waals surface area contributed by atoms with Gasteiger partial charge in [-0.3, -0.25) is 0 Å². The molecule has 0 aliphatic carbocycles. The van der Waals surface area contributed by atoms with Gasteiger partial charge in [-0.05, 0) is 14.0 Å². The summed E-state index contributed by atoms with van der Waals surface area (Å²) in [5.41, 5.74) is 0. The molecule has 0 bridgehead atoms. The minimum atomic E-state index is 1.14. The van der Waals surface area contributed by atoms with Gasteiger partial charge in [0.2, 0.25) is 0 Å². The van der Waals surface area contributed by atoms with Gasteiger partial charge in [0.1, 0.15) is 0 Å². The molecule has 10 heavy (non-hydrogen) atoms. The second-order valence-corrected chi connectivity index (χ2v) is 3.43. The molecule has 0 radical (unpaired) electrons. The van der Waals surface area contributed by atoms with Crippen LogP contribution >= 0.6 is 0 Å². The first-order valence-corrected chi connectivity index (χ1v) is 4.09. The molecule has 1 N–H and O–H groups in total. The highest BCUT2D eigenvalue weighted by atomic mass is 15.3. The zero-order valence-electron chi connectivity index (χ0n) is 7.78. The van der Waals surface area contributed by atoms with Crippen LogP contribution in [0.2, 0.25) is 0 Å². The molecule has 0 atom stereocenters. The molecule has 0 aromatic heterocycles. The molecule has 0 spiro atoms. The summed E-state index contributed by atoms with van der Waals surface area (Å²) >= 11 is 0. The first-order valence-electron chi connectivity index (χ1n) is 4.09. The van der Waals surface area contributed by atoms with Crippen molar-refractivity contribution in [1.82, 2.24) is 5.32 Å². The fourth-order valence-electron chi connectivity index (χ4n) is 0.842. The highest BCUT2D eigenvalue weighted by molar-refractivity contribution is 4.39. The molecule has 0 heterocycles. The monoisotopic (exact) mass is 145 g/mol. The maximum absolute atomic E-state index is 3.15. The topological polar surface area (TPSA) is 12.0 Å². The summed E-state index contributed by atoms with van der Waals surface area (Å²) in [4.78, 5) is 0. The van der Waals surface area contributed by atoms with E-state index >= 15 is 0 Å². The first-order chi connectivity index (χ1) is 4.62. The van der Waals surface area contributed by atoms with Crippen molar-refractivity contribution in [2.24, 2.45) is 0 Å². The largest absolute Gasteiger partial charge is 0.329 e. The number of hydrogen-bond acceptors (Lipinski definition) is 1. The molecule has 0 unspecified atom stereocenters. The standard InChI is InChI=1S/C8H21N2/c1-5-10(3,4)8-6-7-9-2/h9H,5-8H2,1-4H3/q+1. The average molecular weight is 145 g/mol. The molecule has 0 saturated carbocycles. The van der Waals surface area contributed by atoms with Gasteiger partial charge < -0.3 is 9.80 Å². The van der Waals surface area contributed by atoms with Crippen LogP contribution < -0.4 is 5.32 Å². The van der Waals surface area contributed by atoms with E-state index in [1.807, 2.05) is 7.05 Å². The lowest BCUT2D eigenvalue weighted by atomic mass is 10.3. The van der Waals surface area contributed by atoms with Gasteiger partial charge in [0.25, 0.3) is 0 Å². The van der Waals surface area contributed by atoms with Crippen molar-refractivity contribution in [3.63, 3.8) is 0 Å². The average Bonchev–Trinajstić information content (AvgIpc) is 1.89. The van der Waals surface area contributed by atoms with Crippen LogP contribution in [-0.2, 0) is 0 Å². The summed E-state index contributed by atoms with van der Waals surface area (Å²) in [6.07, 6.45) is 1.28. The number of quaternary nitrogens is 1. The number of hydrogen-bond donors (Lipinski definition) is 1. The quantitative estimate of drug-likeness (QED) is 0.443. The summed E-state index contributed by atoms with van der Waals surface area (Å²) < 4.78 is 1.14. The molecule has 0 aromatic rings. The molecule has 0 aromatic carbocycles. The zero-order chi connectivity index (χ0) is 8.04. The lowest BCUT2D eigenvalue weighted by Gasteiger charge is -2.27. The van der Waals surface area contributed by atoms with Crippen LogP contribution in [-0.4, -0.2) is 45.3 Å². The fourth-order valence-corrected chi connectivity index (χ4v) is 0.842. The third-order valence-electron chi connectivity index (χ3n) is 2.05. The van der Waals surface area contributed by atoms with Gasteiger partial charge >= 0.3 is 0 Å². The van der Waals surface area contributed by atoms with Crippen molar-refractivity contribution in [3.8, 4) is 0 Å². The maximum atomic E-state index is 3.15. The highest BCUT2D eigenvalue weighted by Gasteiger charge is 2.09. The number of rotatable bonds is 5. The molecule has 0 aliphatic rings. The van der Waals surface area contributed by atoms with E-state index in [-0.39, 0.29) is 0 Å². The Kier molecular flexibility index (Phi) is 4.65. The summed E-state index contributed by atoms with van der Waals surface area (Å²) in [5, 5.41) is 3.15. The molecule has 2 nitrogen and oxygen atoms in total. The van der Waals surface area contributed by atoms with Crippen LogP contribution in [0.4, 0.5) is 0 Å². The van der Waals surface area contributed by atoms with Crippen molar-refractivity contribution < 1.29 is 4.48 Å².